The minimum atomic E-state index is -1.02. The van der Waals surface area contributed by atoms with E-state index in [-0.39, 0.29) is 6.54 Å². The molecule has 8 heteroatoms. The fourth-order valence-corrected chi connectivity index (χ4v) is 2.85. The average molecular weight is 358 g/mol. The average Bonchev–Trinajstić information content (AvgIpc) is 2.59. The first-order valence-electron chi connectivity index (χ1n) is 8.44. The highest BCUT2D eigenvalue weighted by Gasteiger charge is 2.36. The second-order valence-electron chi connectivity index (χ2n) is 7.19. The third-order valence-electron chi connectivity index (χ3n) is 4.05. The molecule has 1 aliphatic rings. The van der Waals surface area contributed by atoms with Crippen molar-refractivity contribution in [2.24, 2.45) is 0 Å². The van der Waals surface area contributed by atoms with Gasteiger partial charge in [-0.1, -0.05) is 12.1 Å². The Morgan fingerprint density at radius 1 is 1.19 bits per heavy atom. The Bertz CT molecular complexity index is 833. The molecule has 26 heavy (non-hydrogen) atoms. The number of hydrogen-bond acceptors (Lipinski definition) is 6. The van der Waals surface area contributed by atoms with Gasteiger partial charge in [0.05, 0.1) is 23.8 Å². The Balaban J connectivity index is 1.82. The summed E-state index contributed by atoms with van der Waals surface area (Å²) in [5.41, 5.74) is 0.816. The summed E-state index contributed by atoms with van der Waals surface area (Å²) in [6, 6.07) is 6.50. The zero-order valence-electron chi connectivity index (χ0n) is 15.0. The smallest absolute Gasteiger partial charge is 0.410 e. The standard InChI is InChI=1S/C18H22N4O4/c1-18(2,3)26-17(25)21-8-9-22(14(11-21)16(23)24)15-10-19-12-6-4-5-7-13(12)20-15/h4-7,10,14H,8-9,11H2,1-3H3,(H,23,24)/t14-/m1/s1. The van der Waals surface area contributed by atoms with E-state index in [1.807, 2.05) is 24.3 Å². The number of piperazine rings is 1. The summed E-state index contributed by atoms with van der Waals surface area (Å²) in [6.07, 6.45) is 1.06. The van der Waals surface area contributed by atoms with Crippen LogP contribution in [0.4, 0.5) is 10.6 Å². The van der Waals surface area contributed by atoms with Crippen LogP contribution in [0, 0.1) is 0 Å². The van der Waals surface area contributed by atoms with Crippen molar-refractivity contribution in [2.45, 2.75) is 32.4 Å². The topological polar surface area (TPSA) is 95.9 Å². The number of nitrogens with zero attached hydrogens (tertiary/aromatic N) is 4. The molecule has 1 N–H and O–H groups in total. The number of amides is 1. The molecule has 0 unspecified atom stereocenters. The molecule has 8 nitrogen and oxygen atoms in total. The third kappa shape index (κ3) is 3.84. The number of benzene rings is 1. The van der Waals surface area contributed by atoms with Gasteiger partial charge < -0.3 is 19.6 Å². The number of carbonyl (C=O) groups excluding carboxylic acids is 1. The van der Waals surface area contributed by atoms with Crippen LogP contribution in [-0.2, 0) is 9.53 Å². The van der Waals surface area contributed by atoms with Gasteiger partial charge in [-0.3, -0.25) is 4.98 Å². The molecule has 0 spiro atoms. The van der Waals surface area contributed by atoms with Gasteiger partial charge >= 0.3 is 12.1 Å². The fraction of sp³-hybridized carbons (Fsp3) is 0.444. The molecule has 0 radical (unpaired) electrons. The zero-order chi connectivity index (χ0) is 18.9. The van der Waals surface area contributed by atoms with Crippen LogP contribution in [0.2, 0.25) is 0 Å². The zero-order valence-corrected chi connectivity index (χ0v) is 15.0. The highest BCUT2D eigenvalue weighted by molar-refractivity contribution is 5.81. The number of rotatable bonds is 2. The highest BCUT2D eigenvalue weighted by atomic mass is 16.6. The van der Waals surface area contributed by atoms with E-state index in [2.05, 4.69) is 9.97 Å². The number of ether oxygens (including phenoxy) is 1. The van der Waals surface area contributed by atoms with E-state index in [1.54, 1.807) is 31.9 Å². The van der Waals surface area contributed by atoms with E-state index in [0.29, 0.717) is 24.4 Å². The summed E-state index contributed by atoms with van der Waals surface area (Å²) >= 11 is 0. The lowest BCUT2D eigenvalue weighted by atomic mass is 10.1. The van der Waals surface area contributed by atoms with Crippen LogP contribution < -0.4 is 4.90 Å². The molecule has 0 aliphatic carbocycles. The van der Waals surface area contributed by atoms with Crippen LogP contribution in [0.3, 0.4) is 0 Å². The predicted octanol–water partition coefficient (Wildman–Crippen LogP) is 2.14. The van der Waals surface area contributed by atoms with Crippen molar-refractivity contribution in [3.05, 3.63) is 30.5 Å². The maximum absolute atomic E-state index is 12.3. The summed E-state index contributed by atoms with van der Waals surface area (Å²) in [4.78, 5) is 36.0. The molecule has 1 amide bonds. The summed E-state index contributed by atoms with van der Waals surface area (Å²) in [5.74, 6) is -0.534. The van der Waals surface area contributed by atoms with Crippen LogP contribution in [0.25, 0.3) is 11.0 Å². The normalized spacial score (nSPS) is 18.0. The number of carboxylic acid groups (broad SMARTS) is 1. The van der Waals surface area contributed by atoms with Gasteiger partial charge in [0, 0.05) is 13.1 Å². The van der Waals surface area contributed by atoms with Crippen LogP contribution in [0.1, 0.15) is 20.8 Å². The highest BCUT2D eigenvalue weighted by Crippen LogP contribution is 2.22. The minimum Gasteiger partial charge on any atom is -0.480 e. The molecular weight excluding hydrogens is 336 g/mol. The molecule has 1 aliphatic heterocycles. The second-order valence-corrected chi connectivity index (χ2v) is 7.19. The van der Waals surface area contributed by atoms with E-state index in [1.165, 1.54) is 4.90 Å². The van der Waals surface area contributed by atoms with E-state index in [9.17, 15) is 14.7 Å². The molecule has 1 aromatic heterocycles. The number of aromatic nitrogens is 2. The van der Waals surface area contributed by atoms with Crippen LogP contribution in [-0.4, -0.2) is 63.3 Å². The number of para-hydroxylation sites is 2. The summed E-state index contributed by atoms with van der Waals surface area (Å²) in [6.45, 7) is 6.05. The maximum Gasteiger partial charge on any atom is 0.410 e. The molecule has 2 heterocycles. The Hall–Kier alpha value is -2.90. The molecule has 2 aromatic rings. The number of aliphatic carboxylic acids is 1. The molecule has 1 saturated heterocycles. The predicted molar refractivity (Wildman–Crippen MR) is 96.1 cm³/mol. The molecule has 138 valence electrons. The largest absolute Gasteiger partial charge is 0.480 e. The van der Waals surface area contributed by atoms with Gasteiger partial charge in [0.1, 0.15) is 17.5 Å². The Kier molecular flexibility index (Phi) is 4.67. The summed E-state index contributed by atoms with van der Waals surface area (Å²) in [5, 5.41) is 9.65. The van der Waals surface area contributed by atoms with Gasteiger partial charge in [0.15, 0.2) is 0 Å². The second kappa shape index (κ2) is 6.78. The van der Waals surface area contributed by atoms with E-state index in [0.717, 1.165) is 5.52 Å². The number of carbonyl (C=O) groups is 2. The number of hydrogen-bond donors (Lipinski definition) is 1. The third-order valence-corrected chi connectivity index (χ3v) is 4.05. The molecule has 1 fully saturated rings. The first kappa shape index (κ1) is 17.9. The Morgan fingerprint density at radius 3 is 2.54 bits per heavy atom. The van der Waals surface area contributed by atoms with Crippen molar-refractivity contribution in [1.82, 2.24) is 14.9 Å². The van der Waals surface area contributed by atoms with Gasteiger partial charge in [-0.15, -0.1) is 0 Å². The lowest BCUT2D eigenvalue weighted by Crippen LogP contribution is -2.58. The van der Waals surface area contributed by atoms with Crippen molar-refractivity contribution >= 4 is 28.9 Å². The number of anilines is 1. The van der Waals surface area contributed by atoms with Crippen molar-refractivity contribution in [1.29, 1.82) is 0 Å². The Labute approximate surface area is 151 Å². The molecule has 0 saturated carbocycles. The van der Waals surface area contributed by atoms with E-state index in [4.69, 9.17) is 4.74 Å². The molecule has 1 atom stereocenters. The molecule has 3 rings (SSSR count). The molecule has 0 bridgehead atoms. The van der Waals surface area contributed by atoms with Gasteiger partial charge in [-0.2, -0.15) is 0 Å². The minimum absolute atomic E-state index is 0.0265. The van der Waals surface area contributed by atoms with Gasteiger partial charge in [-0.05, 0) is 32.9 Å². The van der Waals surface area contributed by atoms with Crippen LogP contribution >= 0.6 is 0 Å². The fourth-order valence-electron chi connectivity index (χ4n) is 2.85. The van der Waals surface area contributed by atoms with Gasteiger partial charge in [-0.25, -0.2) is 14.6 Å². The maximum atomic E-state index is 12.3. The quantitative estimate of drug-likeness (QED) is 0.878. The van der Waals surface area contributed by atoms with Crippen molar-refractivity contribution in [3.63, 3.8) is 0 Å². The van der Waals surface area contributed by atoms with E-state index < -0.39 is 23.7 Å². The summed E-state index contributed by atoms with van der Waals surface area (Å²) in [7, 11) is 0. The van der Waals surface area contributed by atoms with Gasteiger partial charge in [0.2, 0.25) is 0 Å². The SMILES string of the molecule is CC(C)(C)OC(=O)N1CCN(c2cnc3ccccc3n2)[C@@H](C(=O)O)C1. The van der Waals surface area contributed by atoms with Crippen LogP contribution in [0.15, 0.2) is 30.5 Å². The summed E-state index contributed by atoms with van der Waals surface area (Å²) < 4.78 is 5.35. The molecular formula is C18H22N4O4. The lowest BCUT2D eigenvalue weighted by molar-refractivity contribution is -0.139. The monoisotopic (exact) mass is 358 g/mol. The van der Waals surface area contributed by atoms with Crippen molar-refractivity contribution in [2.75, 3.05) is 24.5 Å². The van der Waals surface area contributed by atoms with Gasteiger partial charge in [0.25, 0.3) is 0 Å². The first-order chi connectivity index (χ1) is 12.2. The van der Waals surface area contributed by atoms with Crippen molar-refractivity contribution in [3.8, 4) is 0 Å². The lowest BCUT2D eigenvalue weighted by Gasteiger charge is -2.40. The first-order valence-corrected chi connectivity index (χ1v) is 8.44. The Morgan fingerprint density at radius 2 is 1.88 bits per heavy atom. The molecule has 1 aromatic carbocycles. The number of carboxylic acids is 1. The van der Waals surface area contributed by atoms with Crippen molar-refractivity contribution < 1.29 is 19.4 Å². The van der Waals surface area contributed by atoms with E-state index >= 15 is 0 Å². The number of fused-ring (bicyclic) bond motifs is 1. The van der Waals surface area contributed by atoms with Crippen LogP contribution in [0.5, 0.6) is 0 Å².